The van der Waals surface area contributed by atoms with Crippen molar-refractivity contribution in [1.82, 2.24) is 0 Å². The maximum absolute atomic E-state index is 9.59. The van der Waals surface area contributed by atoms with Gasteiger partial charge in [-0.2, -0.15) is 0 Å². The number of allylic oxidation sites excluding steroid dienone is 2. The van der Waals surface area contributed by atoms with Crippen molar-refractivity contribution in [3.05, 3.63) is 23.5 Å². The van der Waals surface area contributed by atoms with Gasteiger partial charge in [-0.1, -0.05) is 18.3 Å². The minimum absolute atomic E-state index is 0.0532. The first-order valence-electron chi connectivity index (χ1n) is 3.56. The second kappa shape index (κ2) is 2.88. The Bertz CT molecular complexity index is 279. The van der Waals surface area contributed by atoms with Crippen LogP contribution in [0.15, 0.2) is 23.5 Å². The molecule has 12 heavy (non-hydrogen) atoms. The summed E-state index contributed by atoms with van der Waals surface area (Å²) in [5.41, 5.74) is 4.83. The maximum atomic E-state index is 9.59. The quantitative estimate of drug-likeness (QED) is 0.528. The van der Waals surface area contributed by atoms with Gasteiger partial charge in [-0.25, -0.2) is 0 Å². The molecule has 0 heterocycles. The number of nitrogens with two attached hydrogens (primary N) is 1. The molecule has 1 aliphatic carbocycles. The molecule has 0 aromatic heterocycles. The smallest absolute Gasteiger partial charge is 0.124 e. The second-order valence-corrected chi connectivity index (χ2v) is 3.50. The lowest BCUT2D eigenvalue weighted by Gasteiger charge is -2.26. The molecule has 1 atom stereocenters. The molecule has 4 N–H and O–H groups in total. The zero-order valence-electron chi connectivity index (χ0n) is 6.74. The summed E-state index contributed by atoms with van der Waals surface area (Å²) in [6.07, 6.45) is 3.30. The molecule has 1 aliphatic rings. The van der Waals surface area contributed by atoms with Crippen molar-refractivity contribution in [1.29, 1.82) is 0 Å². The monoisotopic (exact) mass is 185 g/mol. The summed E-state index contributed by atoms with van der Waals surface area (Å²) in [5, 5.41) is 18.8. The van der Waals surface area contributed by atoms with Crippen LogP contribution in [0.25, 0.3) is 0 Å². The second-order valence-electron chi connectivity index (χ2n) is 3.06. The van der Waals surface area contributed by atoms with Crippen molar-refractivity contribution in [3.63, 3.8) is 0 Å². The van der Waals surface area contributed by atoms with Crippen molar-refractivity contribution >= 4 is 17.2 Å². The number of rotatable bonds is 1. The third-order valence-electron chi connectivity index (χ3n) is 1.85. The van der Waals surface area contributed by atoms with Gasteiger partial charge in [0.05, 0.1) is 4.99 Å². The van der Waals surface area contributed by atoms with Crippen molar-refractivity contribution < 1.29 is 10.2 Å². The van der Waals surface area contributed by atoms with Crippen LogP contribution >= 0.6 is 12.2 Å². The number of aliphatic hydroxyl groups excluding tert-OH is 1. The van der Waals surface area contributed by atoms with E-state index >= 15 is 0 Å². The van der Waals surface area contributed by atoms with Gasteiger partial charge in [0.15, 0.2) is 0 Å². The Labute approximate surface area is 76.2 Å². The average Bonchev–Trinajstić information content (AvgIpc) is 1.94. The molecular weight excluding hydrogens is 174 g/mol. The standard InChI is InChI=1S/C8H11NO2S/c1-8(11)4-5(7(9)12)2-3-6(8)10/h2-3,10-11H,4H2,1H3,(H2,9,12). The summed E-state index contributed by atoms with van der Waals surface area (Å²) >= 11 is 4.74. The molecule has 0 amide bonds. The van der Waals surface area contributed by atoms with Crippen molar-refractivity contribution in [2.45, 2.75) is 18.9 Å². The topological polar surface area (TPSA) is 66.5 Å². The SMILES string of the molecule is CC1(O)CC(C(N)=S)=CC=C1O. The van der Waals surface area contributed by atoms with Crippen LogP contribution in [0.3, 0.4) is 0 Å². The summed E-state index contributed by atoms with van der Waals surface area (Å²) in [6, 6.07) is 0. The highest BCUT2D eigenvalue weighted by atomic mass is 32.1. The Balaban J connectivity index is 2.95. The Morgan fingerprint density at radius 2 is 2.25 bits per heavy atom. The molecule has 0 saturated heterocycles. The number of hydrogen-bond donors (Lipinski definition) is 3. The molecule has 4 heteroatoms. The molecule has 0 spiro atoms. The van der Waals surface area contributed by atoms with Gasteiger partial charge in [0, 0.05) is 6.42 Å². The fraction of sp³-hybridized carbons (Fsp3) is 0.375. The first-order chi connectivity index (χ1) is 5.43. The molecule has 0 aromatic carbocycles. The van der Waals surface area contributed by atoms with Crippen molar-refractivity contribution in [2.75, 3.05) is 0 Å². The van der Waals surface area contributed by atoms with Gasteiger partial charge >= 0.3 is 0 Å². The van der Waals surface area contributed by atoms with Gasteiger partial charge in [-0.15, -0.1) is 0 Å². The van der Waals surface area contributed by atoms with Gasteiger partial charge in [0.25, 0.3) is 0 Å². The third-order valence-corrected chi connectivity index (χ3v) is 2.11. The number of hydrogen-bond acceptors (Lipinski definition) is 3. The summed E-state index contributed by atoms with van der Waals surface area (Å²) in [7, 11) is 0. The van der Waals surface area contributed by atoms with E-state index in [1.165, 1.54) is 13.0 Å². The van der Waals surface area contributed by atoms with Crippen LogP contribution < -0.4 is 5.73 Å². The molecule has 66 valence electrons. The molecule has 3 nitrogen and oxygen atoms in total. The maximum Gasteiger partial charge on any atom is 0.124 e. The molecule has 0 saturated carbocycles. The lowest BCUT2D eigenvalue weighted by molar-refractivity contribution is 0.0528. The zero-order chi connectivity index (χ0) is 9.35. The van der Waals surface area contributed by atoms with Crippen molar-refractivity contribution in [2.24, 2.45) is 5.73 Å². The zero-order valence-corrected chi connectivity index (χ0v) is 7.56. The fourth-order valence-corrected chi connectivity index (χ4v) is 1.19. The first-order valence-corrected chi connectivity index (χ1v) is 3.97. The number of thiocarbonyl (C=S) groups is 1. The van der Waals surface area contributed by atoms with Crippen LogP contribution in [0, 0.1) is 0 Å². The van der Waals surface area contributed by atoms with Gasteiger partial charge in [0.2, 0.25) is 0 Å². The van der Waals surface area contributed by atoms with Crippen LogP contribution in [0.1, 0.15) is 13.3 Å². The highest BCUT2D eigenvalue weighted by molar-refractivity contribution is 7.80. The molecule has 0 aliphatic heterocycles. The Morgan fingerprint density at radius 1 is 1.67 bits per heavy atom. The third kappa shape index (κ3) is 1.65. The van der Waals surface area contributed by atoms with E-state index in [0.717, 1.165) is 0 Å². The van der Waals surface area contributed by atoms with Crippen LogP contribution in [0.4, 0.5) is 0 Å². The summed E-state index contributed by atoms with van der Waals surface area (Å²) in [4.78, 5) is 0.263. The Hall–Kier alpha value is -0.870. The lowest BCUT2D eigenvalue weighted by Crippen LogP contribution is -2.32. The summed E-state index contributed by atoms with van der Waals surface area (Å²) in [6.45, 7) is 1.52. The lowest BCUT2D eigenvalue weighted by atomic mass is 9.90. The van der Waals surface area contributed by atoms with E-state index in [2.05, 4.69) is 0 Å². The van der Waals surface area contributed by atoms with Gasteiger partial charge in [-0.3, -0.25) is 0 Å². The molecule has 1 rings (SSSR count). The predicted octanol–water partition coefficient (Wildman–Crippen LogP) is 0.796. The minimum atomic E-state index is -1.23. The Kier molecular flexibility index (Phi) is 2.21. The van der Waals surface area contributed by atoms with Gasteiger partial charge < -0.3 is 15.9 Å². The van der Waals surface area contributed by atoms with Crippen LogP contribution in [-0.4, -0.2) is 20.8 Å². The molecular formula is C8H11NO2S. The molecule has 0 aromatic rings. The van der Waals surface area contributed by atoms with E-state index < -0.39 is 5.60 Å². The van der Waals surface area contributed by atoms with Gasteiger partial charge in [0.1, 0.15) is 11.4 Å². The summed E-state index contributed by atoms with van der Waals surface area (Å²) in [5.74, 6) is -0.0532. The van der Waals surface area contributed by atoms with Crippen LogP contribution in [0.5, 0.6) is 0 Å². The molecule has 1 unspecified atom stereocenters. The van der Waals surface area contributed by atoms with E-state index in [1.54, 1.807) is 6.08 Å². The van der Waals surface area contributed by atoms with Crippen molar-refractivity contribution in [3.8, 4) is 0 Å². The largest absolute Gasteiger partial charge is 0.509 e. The predicted molar refractivity (Wildman–Crippen MR) is 50.8 cm³/mol. The van der Waals surface area contributed by atoms with E-state index in [1.807, 2.05) is 0 Å². The summed E-state index contributed by atoms with van der Waals surface area (Å²) < 4.78 is 0. The van der Waals surface area contributed by atoms with Crippen LogP contribution in [-0.2, 0) is 0 Å². The van der Waals surface area contributed by atoms with Gasteiger partial charge in [-0.05, 0) is 18.6 Å². The van der Waals surface area contributed by atoms with E-state index in [0.29, 0.717) is 5.57 Å². The highest BCUT2D eigenvalue weighted by Gasteiger charge is 2.29. The molecule has 0 fully saturated rings. The Morgan fingerprint density at radius 3 is 2.67 bits per heavy atom. The molecule has 0 bridgehead atoms. The van der Waals surface area contributed by atoms with E-state index in [-0.39, 0.29) is 17.2 Å². The van der Waals surface area contributed by atoms with E-state index in [9.17, 15) is 10.2 Å². The average molecular weight is 185 g/mol. The fourth-order valence-electron chi connectivity index (χ4n) is 1.05. The first kappa shape index (κ1) is 9.22. The van der Waals surface area contributed by atoms with Crippen LogP contribution in [0.2, 0.25) is 0 Å². The van der Waals surface area contributed by atoms with E-state index in [4.69, 9.17) is 18.0 Å². The molecule has 0 radical (unpaired) electrons. The normalized spacial score (nSPS) is 29.2. The minimum Gasteiger partial charge on any atom is -0.509 e. The number of aliphatic hydroxyl groups is 2. The highest BCUT2D eigenvalue weighted by Crippen LogP contribution is 2.27.